The Bertz CT molecular complexity index is 341. The number of anilines is 2. The van der Waals surface area contributed by atoms with Gasteiger partial charge in [0.2, 0.25) is 0 Å². The highest BCUT2D eigenvalue weighted by molar-refractivity contribution is 5.47. The second kappa shape index (κ2) is 6.39. The van der Waals surface area contributed by atoms with Crippen LogP contribution in [0.4, 0.5) is 11.6 Å². The largest absolute Gasteiger partial charge is 0.382 e. The van der Waals surface area contributed by atoms with Crippen LogP contribution < -0.4 is 10.6 Å². The molecule has 17 heavy (non-hydrogen) atoms. The molecule has 0 unspecified atom stereocenters. The van der Waals surface area contributed by atoms with E-state index in [-0.39, 0.29) is 5.54 Å². The molecule has 0 aliphatic rings. The first-order valence-electron chi connectivity index (χ1n) is 5.90. The number of rotatable bonds is 7. The second-order valence-electron chi connectivity index (χ2n) is 4.66. The zero-order valence-electron chi connectivity index (χ0n) is 11.1. The molecule has 0 saturated heterocycles. The first kappa shape index (κ1) is 13.7. The highest BCUT2D eigenvalue weighted by Crippen LogP contribution is 2.15. The van der Waals surface area contributed by atoms with E-state index < -0.39 is 0 Å². The lowest BCUT2D eigenvalue weighted by atomic mass is 10.1. The summed E-state index contributed by atoms with van der Waals surface area (Å²) in [6.45, 7) is 7.79. The maximum Gasteiger partial charge on any atom is 0.131 e. The summed E-state index contributed by atoms with van der Waals surface area (Å²) in [5.41, 5.74) is -0.148. The van der Waals surface area contributed by atoms with Crippen LogP contribution in [0, 0.1) is 0 Å². The SMILES string of the molecule is CCCNc1cc(NC(C)(C)COC)ncn1. The van der Waals surface area contributed by atoms with E-state index in [9.17, 15) is 0 Å². The van der Waals surface area contributed by atoms with Crippen LogP contribution in [0.1, 0.15) is 27.2 Å². The smallest absolute Gasteiger partial charge is 0.131 e. The summed E-state index contributed by atoms with van der Waals surface area (Å²) in [5.74, 6) is 1.65. The van der Waals surface area contributed by atoms with Crippen molar-refractivity contribution >= 4 is 11.6 Å². The Balaban J connectivity index is 2.64. The van der Waals surface area contributed by atoms with Crippen LogP contribution in [0.25, 0.3) is 0 Å². The fraction of sp³-hybridized carbons (Fsp3) is 0.667. The molecular weight excluding hydrogens is 216 g/mol. The monoisotopic (exact) mass is 238 g/mol. The predicted molar refractivity (Wildman–Crippen MR) is 70.4 cm³/mol. The fourth-order valence-electron chi connectivity index (χ4n) is 1.52. The number of ether oxygens (including phenoxy) is 1. The number of nitrogens with zero attached hydrogens (tertiary/aromatic N) is 2. The number of aromatic nitrogens is 2. The molecule has 0 aliphatic carbocycles. The van der Waals surface area contributed by atoms with Gasteiger partial charge in [-0.05, 0) is 20.3 Å². The van der Waals surface area contributed by atoms with Crippen LogP contribution in [0.5, 0.6) is 0 Å². The Hall–Kier alpha value is -1.36. The first-order chi connectivity index (χ1) is 8.07. The molecule has 1 rings (SSSR count). The Morgan fingerprint density at radius 3 is 2.65 bits per heavy atom. The lowest BCUT2D eigenvalue weighted by Gasteiger charge is -2.25. The Morgan fingerprint density at radius 2 is 2.00 bits per heavy atom. The summed E-state index contributed by atoms with van der Waals surface area (Å²) in [5, 5.41) is 6.55. The third-order valence-corrected chi connectivity index (χ3v) is 2.19. The quantitative estimate of drug-likeness (QED) is 0.762. The summed E-state index contributed by atoms with van der Waals surface area (Å²) in [4.78, 5) is 8.36. The van der Waals surface area contributed by atoms with E-state index in [0.29, 0.717) is 6.61 Å². The number of hydrogen-bond donors (Lipinski definition) is 2. The molecule has 0 atom stereocenters. The highest BCUT2D eigenvalue weighted by Gasteiger charge is 2.17. The van der Waals surface area contributed by atoms with Crippen LogP contribution in [0.15, 0.2) is 12.4 Å². The molecule has 0 fully saturated rings. The van der Waals surface area contributed by atoms with Crippen LogP contribution in [0.3, 0.4) is 0 Å². The molecular formula is C12H22N4O. The van der Waals surface area contributed by atoms with Gasteiger partial charge in [-0.1, -0.05) is 6.92 Å². The number of nitrogens with one attached hydrogen (secondary N) is 2. The molecule has 0 aromatic carbocycles. The Morgan fingerprint density at radius 1 is 1.29 bits per heavy atom. The third kappa shape index (κ3) is 4.99. The summed E-state index contributed by atoms with van der Waals surface area (Å²) in [6.07, 6.45) is 2.63. The molecule has 0 bridgehead atoms. The minimum Gasteiger partial charge on any atom is -0.382 e. The standard InChI is InChI=1S/C12H22N4O/c1-5-6-13-10-7-11(15-9-14-10)16-12(2,3)8-17-4/h7,9H,5-6,8H2,1-4H3,(H2,13,14,15,16). The molecule has 5 nitrogen and oxygen atoms in total. The molecule has 0 spiro atoms. The molecule has 0 saturated carbocycles. The first-order valence-corrected chi connectivity index (χ1v) is 5.90. The molecule has 1 aromatic rings. The van der Waals surface area contributed by atoms with Gasteiger partial charge < -0.3 is 15.4 Å². The van der Waals surface area contributed by atoms with Crippen LogP contribution in [0.2, 0.25) is 0 Å². The van der Waals surface area contributed by atoms with Crippen LogP contribution in [-0.2, 0) is 4.74 Å². The van der Waals surface area contributed by atoms with Gasteiger partial charge in [0.25, 0.3) is 0 Å². The molecule has 5 heteroatoms. The minimum atomic E-state index is -0.148. The zero-order chi connectivity index (χ0) is 12.7. The predicted octanol–water partition coefficient (Wildman–Crippen LogP) is 2.14. The fourth-order valence-corrected chi connectivity index (χ4v) is 1.52. The molecule has 2 N–H and O–H groups in total. The van der Waals surface area contributed by atoms with Gasteiger partial charge in [-0.25, -0.2) is 9.97 Å². The van der Waals surface area contributed by atoms with E-state index in [1.807, 2.05) is 6.07 Å². The van der Waals surface area contributed by atoms with Gasteiger partial charge in [-0.3, -0.25) is 0 Å². The Labute approximate surface area is 103 Å². The van der Waals surface area contributed by atoms with E-state index >= 15 is 0 Å². The molecule has 0 aliphatic heterocycles. The molecule has 1 heterocycles. The molecule has 0 amide bonds. The normalized spacial score (nSPS) is 11.3. The van der Waals surface area contributed by atoms with E-state index in [2.05, 4.69) is 41.4 Å². The van der Waals surface area contributed by atoms with Crippen molar-refractivity contribution in [2.24, 2.45) is 0 Å². The van der Waals surface area contributed by atoms with Gasteiger partial charge in [-0.15, -0.1) is 0 Å². The van der Waals surface area contributed by atoms with Crippen molar-refractivity contribution < 1.29 is 4.74 Å². The van der Waals surface area contributed by atoms with E-state index in [1.165, 1.54) is 0 Å². The minimum absolute atomic E-state index is 0.148. The zero-order valence-corrected chi connectivity index (χ0v) is 11.1. The number of hydrogen-bond acceptors (Lipinski definition) is 5. The van der Waals surface area contributed by atoms with Crippen molar-refractivity contribution in [3.63, 3.8) is 0 Å². The van der Waals surface area contributed by atoms with E-state index in [4.69, 9.17) is 4.74 Å². The second-order valence-corrected chi connectivity index (χ2v) is 4.66. The van der Waals surface area contributed by atoms with Crippen molar-refractivity contribution in [1.29, 1.82) is 0 Å². The van der Waals surface area contributed by atoms with Crippen molar-refractivity contribution in [2.45, 2.75) is 32.7 Å². The maximum absolute atomic E-state index is 5.15. The van der Waals surface area contributed by atoms with Crippen molar-refractivity contribution in [1.82, 2.24) is 9.97 Å². The third-order valence-electron chi connectivity index (χ3n) is 2.19. The van der Waals surface area contributed by atoms with Crippen molar-refractivity contribution in [2.75, 3.05) is 30.9 Å². The van der Waals surface area contributed by atoms with Crippen molar-refractivity contribution in [3.8, 4) is 0 Å². The van der Waals surface area contributed by atoms with Gasteiger partial charge in [0, 0.05) is 19.7 Å². The van der Waals surface area contributed by atoms with Crippen LogP contribution in [-0.4, -0.2) is 35.8 Å². The average molecular weight is 238 g/mol. The maximum atomic E-state index is 5.15. The van der Waals surface area contributed by atoms with Gasteiger partial charge >= 0.3 is 0 Å². The summed E-state index contributed by atoms with van der Waals surface area (Å²) < 4.78 is 5.15. The molecule has 96 valence electrons. The van der Waals surface area contributed by atoms with E-state index in [1.54, 1.807) is 13.4 Å². The lowest BCUT2D eigenvalue weighted by Crippen LogP contribution is -2.36. The molecule has 1 aromatic heterocycles. The molecule has 0 radical (unpaired) electrons. The highest BCUT2D eigenvalue weighted by atomic mass is 16.5. The van der Waals surface area contributed by atoms with E-state index in [0.717, 1.165) is 24.6 Å². The summed E-state index contributed by atoms with van der Waals surface area (Å²) in [7, 11) is 1.69. The average Bonchev–Trinajstić information content (AvgIpc) is 2.26. The summed E-state index contributed by atoms with van der Waals surface area (Å²) in [6, 6.07) is 1.91. The Kier molecular flexibility index (Phi) is 5.15. The van der Waals surface area contributed by atoms with Crippen molar-refractivity contribution in [3.05, 3.63) is 12.4 Å². The summed E-state index contributed by atoms with van der Waals surface area (Å²) >= 11 is 0. The van der Waals surface area contributed by atoms with Gasteiger partial charge in [0.15, 0.2) is 0 Å². The van der Waals surface area contributed by atoms with Gasteiger partial charge in [0.1, 0.15) is 18.0 Å². The number of methoxy groups -OCH3 is 1. The lowest BCUT2D eigenvalue weighted by molar-refractivity contribution is 0.158. The topological polar surface area (TPSA) is 59.1 Å². The van der Waals surface area contributed by atoms with Crippen LogP contribution >= 0.6 is 0 Å². The van der Waals surface area contributed by atoms with Gasteiger partial charge in [0.05, 0.1) is 12.1 Å². The van der Waals surface area contributed by atoms with Gasteiger partial charge in [-0.2, -0.15) is 0 Å².